The smallest absolute Gasteiger partial charge is 0.317 e. The summed E-state index contributed by atoms with van der Waals surface area (Å²) in [6.45, 7) is 1.76. The minimum Gasteiger partial charge on any atom is -0.394 e. The van der Waals surface area contributed by atoms with Gasteiger partial charge in [-0.3, -0.25) is 0 Å². The van der Waals surface area contributed by atoms with Gasteiger partial charge in [0.25, 0.3) is 0 Å². The highest BCUT2D eigenvalue weighted by Gasteiger charge is 2.20. The molecule has 2 aromatic carbocycles. The van der Waals surface area contributed by atoms with Gasteiger partial charge in [0.2, 0.25) is 0 Å². The molecule has 4 heteroatoms. The van der Waals surface area contributed by atoms with Gasteiger partial charge in [-0.05, 0) is 24.5 Å². The lowest BCUT2D eigenvalue weighted by atomic mass is 9.99. The molecule has 2 rings (SSSR count). The second-order valence-electron chi connectivity index (χ2n) is 5.74. The average molecular weight is 312 g/mol. The maximum Gasteiger partial charge on any atom is 0.317 e. The van der Waals surface area contributed by atoms with Crippen molar-refractivity contribution in [3.8, 4) is 0 Å². The van der Waals surface area contributed by atoms with Crippen molar-refractivity contribution in [2.45, 2.75) is 25.4 Å². The molecule has 0 spiro atoms. The number of amides is 2. The number of hydrogen-bond donors (Lipinski definition) is 2. The second kappa shape index (κ2) is 8.34. The van der Waals surface area contributed by atoms with E-state index in [2.05, 4.69) is 17.4 Å². The molecule has 2 atom stereocenters. The highest BCUT2D eigenvalue weighted by atomic mass is 16.3. The molecule has 23 heavy (non-hydrogen) atoms. The van der Waals surface area contributed by atoms with Crippen molar-refractivity contribution >= 4 is 6.03 Å². The van der Waals surface area contributed by atoms with Gasteiger partial charge < -0.3 is 15.3 Å². The standard InChI is InChI=1S/C19H24N2O2/c1-15(14-22)21(2)19(23)20-18(17-11-7-4-8-12-17)13-16-9-5-3-6-10-16/h3-12,15,18,22H,13-14H2,1-2H3,(H,20,23). The molecular formula is C19H24N2O2. The Balaban J connectivity index is 2.16. The molecule has 0 saturated carbocycles. The highest BCUT2D eigenvalue weighted by Crippen LogP contribution is 2.19. The zero-order valence-electron chi connectivity index (χ0n) is 13.6. The molecule has 2 aromatic rings. The quantitative estimate of drug-likeness (QED) is 0.861. The van der Waals surface area contributed by atoms with Gasteiger partial charge in [-0.1, -0.05) is 60.7 Å². The third-order valence-corrected chi connectivity index (χ3v) is 4.03. The fourth-order valence-corrected chi connectivity index (χ4v) is 2.36. The average Bonchev–Trinajstić information content (AvgIpc) is 2.61. The van der Waals surface area contributed by atoms with E-state index in [1.54, 1.807) is 7.05 Å². The molecule has 0 heterocycles. The first kappa shape index (κ1) is 17.0. The van der Waals surface area contributed by atoms with E-state index < -0.39 is 0 Å². The van der Waals surface area contributed by atoms with Gasteiger partial charge >= 0.3 is 6.03 Å². The van der Waals surface area contributed by atoms with Crippen molar-refractivity contribution in [3.05, 3.63) is 71.8 Å². The topological polar surface area (TPSA) is 52.6 Å². The molecule has 2 N–H and O–H groups in total. The summed E-state index contributed by atoms with van der Waals surface area (Å²) in [5.41, 5.74) is 2.23. The predicted molar refractivity (Wildman–Crippen MR) is 92.2 cm³/mol. The molecule has 0 aliphatic heterocycles. The highest BCUT2D eigenvalue weighted by molar-refractivity contribution is 5.74. The summed E-state index contributed by atoms with van der Waals surface area (Å²) in [6, 6.07) is 19.5. The molecule has 0 fully saturated rings. The number of hydrogen-bond acceptors (Lipinski definition) is 2. The normalized spacial score (nSPS) is 13.2. The van der Waals surface area contributed by atoms with E-state index >= 15 is 0 Å². The number of rotatable bonds is 6. The van der Waals surface area contributed by atoms with Gasteiger partial charge in [-0.2, -0.15) is 0 Å². The Morgan fingerprint density at radius 3 is 2.22 bits per heavy atom. The number of carbonyl (C=O) groups is 1. The molecule has 0 radical (unpaired) electrons. The van der Waals surface area contributed by atoms with Crippen molar-refractivity contribution in [1.82, 2.24) is 10.2 Å². The van der Waals surface area contributed by atoms with Crippen LogP contribution in [0.2, 0.25) is 0 Å². The van der Waals surface area contributed by atoms with Crippen molar-refractivity contribution in [3.63, 3.8) is 0 Å². The Bertz CT molecular complexity index is 601. The Hall–Kier alpha value is -2.33. The number of likely N-dealkylation sites (N-methyl/N-ethyl adjacent to an activating group) is 1. The van der Waals surface area contributed by atoms with Crippen LogP contribution in [-0.2, 0) is 6.42 Å². The van der Waals surface area contributed by atoms with Crippen LogP contribution in [0.4, 0.5) is 4.79 Å². The zero-order valence-corrected chi connectivity index (χ0v) is 13.6. The van der Waals surface area contributed by atoms with Gasteiger partial charge in [-0.15, -0.1) is 0 Å². The summed E-state index contributed by atoms with van der Waals surface area (Å²) in [5, 5.41) is 12.3. The lowest BCUT2D eigenvalue weighted by molar-refractivity contribution is 0.154. The maximum absolute atomic E-state index is 12.4. The van der Waals surface area contributed by atoms with E-state index in [0.717, 1.165) is 12.0 Å². The predicted octanol–water partition coefficient (Wildman–Crippen LogP) is 2.99. The lowest BCUT2D eigenvalue weighted by Gasteiger charge is -2.27. The van der Waals surface area contributed by atoms with Crippen LogP contribution in [0, 0.1) is 0 Å². The van der Waals surface area contributed by atoms with Gasteiger partial charge in [0, 0.05) is 7.05 Å². The van der Waals surface area contributed by atoms with Crippen LogP contribution in [0.5, 0.6) is 0 Å². The number of carbonyl (C=O) groups excluding carboxylic acids is 1. The Labute approximate surface area is 137 Å². The van der Waals surface area contributed by atoms with Crippen LogP contribution in [0.15, 0.2) is 60.7 Å². The largest absolute Gasteiger partial charge is 0.394 e. The van der Waals surface area contributed by atoms with Crippen LogP contribution in [0.25, 0.3) is 0 Å². The summed E-state index contributed by atoms with van der Waals surface area (Å²) in [4.78, 5) is 13.9. The van der Waals surface area contributed by atoms with E-state index in [1.807, 2.05) is 55.5 Å². The molecule has 4 nitrogen and oxygen atoms in total. The summed E-state index contributed by atoms with van der Waals surface area (Å²) in [7, 11) is 1.70. The lowest BCUT2D eigenvalue weighted by Crippen LogP contribution is -2.45. The monoisotopic (exact) mass is 312 g/mol. The molecule has 0 saturated heterocycles. The molecule has 2 amide bonds. The van der Waals surface area contributed by atoms with Crippen molar-refractivity contribution < 1.29 is 9.90 Å². The Morgan fingerprint density at radius 1 is 1.09 bits per heavy atom. The SMILES string of the molecule is CC(CO)N(C)C(=O)NC(Cc1ccccc1)c1ccccc1. The number of nitrogens with one attached hydrogen (secondary N) is 1. The fraction of sp³-hybridized carbons (Fsp3) is 0.316. The molecule has 2 unspecified atom stereocenters. The first-order valence-electron chi connectivity index (χ1n) is 7.85. The third kappa shape index (κ3) is 4.83. The number of aliphatic hydroxyl groups is 1. The Kier molecular flexibility index (Phi) is 6.18. The van der Waals surface area contributed by atoms with Crippen LogP contribution in [-0.4, -0.2) is 35.7 Å². The third-order valence-electron chi connectivity index (χ3n) is 4.03. The van der Waals surface area contributed by atoms with Crippen molar-refractivity contribution in [1.29, 1.82) is 0 Å². The first-order chi connectivity index (χ1) is 11.1. The molecule has 122 valence electrons. The number of nitrogens with zero attached hydrogens (tertiary/aromatic N) is 1. The van der Waals surface area contributed by atoms with Gasteiger partial charge in [-0.25, -0.2) is 4.79 Å². The molecular weight excluding hydrogens is 288 g/mol. The van der Waals surface area contributed by atoms with Crippen LogP contribution in [0.1, 0.15) is 24.1 Å². The van der Waals surface area contributed by atoms with E-state index in [-0.39, 0.29) is 24.7 Å². The maximum atomic E-state index is 12.4. The number of benzene rings is 2. The summed E-state index contributed by atoms with van der Waals surface area (Å²) < 4.78 is 0. The number of urea groups is 1. The summed E-state index contributed by atoms with van der Waals surface area (Å²) in [5.74, 6) is 0. The minimum atomic E-state index is -0.219. The van der Waals surface area contributed by atoms with E-state index in [0.29, 0.717) is 0 Å². The second-order valence-corrected chi connectivity index (χ2v) is 5.74. The van der Waals surface area contributed by atoms with Crippen LogP contribution >= 0.6 is 0 Å². The van der Waals surface area contributed by atoms with Gasteiger partial charge in [0.15, 0.2) is 0 Å². The molecule has 0 aromatic heterocycles. The van der Waals surface area contributed by atoms with Crippen LogP contribution < -0.4 is 5.32 Å². The Morgan fingerprint density at radius 2 is 1.65 bits per heavy atom. The summed E-state index contributed by atoms with van der Waals surface area (Å²) in [6.07, 6.45) is 0.720. The summed E-state index contributed by atoms with van der Waals surface area (Å²) >= 11 is 0. The van der Waals surface area contributed by atoms with E-state index in [1.165, 1.54) is 10.5 Å². The first-order valence-corrected chi connectivity index (χ1v) is 7.85. The molecule has 0 bridgehead atoms. The molecule has 0 aliphatic carbocycles. The van der Waals surface area contributed by atoms with Gasteiger partial charge in [0.05, 0.1) is 18.7 Å². The number of aliphatic hydroxyl groups excluding tert-OH is 1. The fourth-order valence-electron chi connectivity index (χ4n) is 2.36. The zero-order chi connectivity index (χ0) is 16.7. The van der Waals surface area contributed by atoms with E-state index in [9.17, 15) is 9.90 Å². The van der Waals surface area contributed by atoms with Crippen molar-refractivity contribution in [2.75, 3.05) is 13.7 Å². The van der Waals surface area contributed by atoms with Crippen LogP contribution in [0.3, 0.4) is 0 Å². The molecule has 0 aliphatic rings. The van der Waals surface area contributed by atoms with E-state index in [4.69, 9.17) is 0 Å². The minimum absolute atomic E-state index is 0.0569. The van der Waals surface area contributed by atoms with Gasteiger partial charge in [0.1, 0.15) is 0 Å². The van der Waals surface area contributed by atoms with Crippen molar-refractivity contribution in [2.24, 2.45) is 0 Å².